The minimum atomic E-state index is -0.385. The molecule has 0 spiro atoms. The second-order valence-corrected chi connectivity index (χ2v) is 6.91. The van der Waals surface area contributed by atoms with Crippen LogP contribution >= 0.6 is 27.5 Å². The van der Waals surface area contributed by atoms with Crippen LogP contribution in [0, 0.1) is 0 Å². The Kier molecular flexibility index (Phi) is 6.84. The van der Waals surface area contributed by atoms with E-state index in [-0.39, 0.29) is 24.5 Å². The van der Waals surface area contributed by atoms with Crippen molar-refractivity contribution in [2.45, 2.75) is 19.9 Å². The van der Waals surface area contributed by atoms with Crippen LogP contribution in [0.15, 0.2) is 46.9 Å². The smallest absolute Gasteiger partial charge is 0.262 e. The van der Waals surface area contributed by atoms with Crippen molar-refractivity contribution in [3.8, 4) is 5.75 Å². The van der Waals surface area contributed by atoms with E-state index in [4.69, 9.17) is 16.3 Å². The van der Waals surface area contributed by atoms with Crippen LogP contribution in [-0.2, 0) is 4.79 Å². The van der Waals surface area contributed by atoms with Crippen LogP contribution < -0.4 is 15.4 Å². The SMILES string of the molecule is CC(C)NC(=O)c1ccccc1NC(=O)COc1ccc(Br)cc1Cl. The van der Waals surface area contributed by atoms with Crippen LogP contribution in [0.4, 0.5) is 5.69 Å². The lowest BCUT2D eigenvalue weighted by Crippen LogP contribution is -2.31. The number of hydrogen-bond acceptors (Lipinski definition) is 3. The number of carbonyl (C=O) groups is 2. The maximum Gasteiger partial charge on any atom is 0.262 e. The summed E-state index contributed by atoms with van der Waals surface area (Å²) in [5.74, 6) is -0.225. The van der Waals surface area contributed by atoms with E-state index in [1.807, 2.05) is 13.8 Å². The first-order valence-electron chi connectivity index (χ1n) is 7.64. The standard InChI is InChI=1S/C18H18BrClN2O3/c1-11(2)21-18(24)13-5-3-4-6-15(13)22-17(23)10-25-16-8-7-12(19)9-14(16)20/h3-9,11H,10H2,1-2H3,(H,21,24)(H,22,23). The van der Waals surface area contributed by atoms with Gasteiger partial charge in [0.1, 0.15) is 5.75 Å². The Balaban J connectivity index is 2.02. The molecule has 2 aromatic rings. The molecule has 7 heteroatoms. The number of amides is 2. The molecule has 0 fully saturated rings. The van der Waals surface area contributed by atoms with Crippen molar-refractivity contribution < 1.29 is 14.3 Å². The molecule has 2 aromatic carbocycles. The van der Waals surface area contributed by atoms with Crippen LogP contribution in [0.3, 0.4) is 0 Å². The Morgan fingerprint density at radius 3 is 2.60 bits per heavy atom. The summed E-state index contributed by atoms with van der Waals surface area (Å²) in [7, 11) is 0. The molecule has 0 aromatic heterocycles. The molecule has 0 aliphatic heterocycles. The fraction of sp³-hybridized carbons (Fsp3) is 0.222. The lowest BCUT2D eigenvalue weighted by Gasteiger charge is -2.13. The van der Waals surface area contributed by atoms with Gasteiger partial charge in [0.2, 0.25) is 0 Å². The molecular formula is C18H18BrClN2O3. The zero-order valence-electron chi connectivity index (χ0n) is 13.8. The summed E-state index contributed by atoms with van der Waals surface area (Å²) >= 11 is 9.35. The normalized spacial score (nSPS) is 10.4. The lowest BCUT2D eigenvalue weighted by molar-refractivity contribution is -0.118. The molecule has 0 saturated carbocycles. The molecule has 0 atom stereocenters. The predicted octanol–water partition coefficient (Wildman–Crippen LogP) is 4.26. The molecule has 0 heterocycles. The maximum absolute atomic E-state index is 12.2. The molecule has 0 radical (unpaired) electrons. The molecule has 2 amide bonds. The van der Waals surface area contributed by atoms with Crippen molar-refractivity contribution in [3.63, 3.8) is 0 Å². The molecule has 0 aliphatic carbocycles. The van der Waals surface area contributed by atoms with E-state index in [0.717, 1.165) is 4.47 Å². The van der Waals surface area contributed by atoms with Crippen molar-refractivity contribution in [1.82, 2.24) is 5.32 Å². The minimum Gasteiger partial charge on any atom is -0.482 e. The lowest BCUT2D eigenvalue weighted by atomic mass is 10.1. The van der Waals surface area contributed by atoms with E-state index < -0.39 is 0 Å². The Hall–Kier alpha value is -2.05. The number of rotatable bonds is 6. The highest BCUT2D eigenvalue weighted by Gasteiger charge is 2.14. The minimum absolute atomic E-state index is 0.000799. The number of halogens is 2. The fourth-order valence-corrected chi connectivity index (χ4v) is 2.78. The first-order valence-corrected chi connectivity index (χ1v) is 8.81. The first kappa shape index (κ1) is 19.3. The predicted molar refractivity (Wildman–Crippen MR) is 102 cm³/mol. The summed E-state index contributed by atoms with van der Waals surface area (Å²) in [4.78, 5) is 24.3. The number of para-hydroxylation sites is 1. The van der Waals surface area contributed by atoms with E-state index >= 15 is 0 Å². The van der Waals surface area contributed by atoms with Gasteiger partial charge in [-0.2, -0.15) is 0 Å². The van der Waals surface area contributed by atoms with E-state index in [1.165, 1.54) is 0 Å². The summed E-state index contributed by atoms with van der Waals surface area (Å²) in [5.41, 5.74) is 0.822. The molecular weight excluding hydrogens is 408 g/mol. The van der Waals surface area contributed by atoms with Gasteiger partial charge in [0.05, 0.1) is 16.3 Å². The monoisotopic (exact) mass is 424 g/mol. The van der Waals surface area contributed by atoms with E-state index in [9.17, 15) is 9.59 Å². The first-order chi connectivity index (χ1) is 11.9. The van der Waals surface area contributed by atoms with Crippen LogP contribution in [0.25, 0.3) is 0 Å². The summed E-state index contributed by atoms with van der Waals surface area (Å²) in [5, 5.41) is 5.89. The molecule has 0 saturated heterocycles. The number of nitrogens with one attached hydrogen (secondary N) is 2. The largest absolute Gasteiger partial charge is 0.482 e. The van der Waals surface area contributed by atoms with Crippen molar-refractivity contribution in [1.29, 1.82) is 0 Å². The van der Waals surface area contributed by atoms with Crippen molar-refractivity contribution >= 4 is 45.0 Å². The second-order valence-electron chi connectivity index (χ2n) is 5.59. The van der Waals surface area contributed by atoms with E-state index in [2.05, 4.69) is 26.6 Å². The number of carbonyl (C=O) groups excluding carboxylic acids is 2. The zero-order valence-corrected chi connectivity index (χ0v) is 16.1. The molecule has 0 aliphatic rings. The quantitative estimate of drug-likeness (QED) is 0.727. The van der Waals surface area contributed by atoms with Crippen LogP contribution in [0.2, 0.25) is 5.02 Å². The maximum atomic E-state index is 12.2. The van der Waals surface area contributed by atoms with Crippen LogP contribution in [0.1, 0.15) is 24.2 Å². The van der Waals surface area contributed by atoms with Gasteiger partial charge in [-0.25, -0.2) is 0 Å². The van der Waals surface area contributed by atoms with Crippen molar-refractivity contribution in [3.05, 3.63) is 57.5 Å². The Morgan fingerprint density at radius 2 is 1.92 bits per heavy atom. The molecule has 132 valence electrons. The van der Waals surface area contributed by atoms with Gasteiger partial charge in [0.15, 0.2) is 6.61 Å². The molecule has 0 unspecified atom stereocenters. The average molecular weight is 426 g/mol. The van der Waals surface area contributed by atoms with Gasteiger partial charge in [0.25, 0.3) is 11.8 Å². The highest BCUT2D eigenvalue weighted by Crippen LogP contribution is 2.27. The van der Waals surface area contributed by atoms with Gasteiger partial charge in [0, 0.05) is 10.5 Å². The van der Waals surface area contributed by atoms with Crippen LogP contribution in [0.5, 0.6) is 5.75 Å². The summed E-state index contributed by atoms with van der Waals surface area (Å²) in [6.45, 7) is 3.52. The van der Waals surface area contributed by atoms with Gasteiger partial charge in [-0.15, -0.1) is 0 Å². The number of anilines is 1. The van der Waals surface area contributed by atoms with Gasteiger partial charge in [-0.3, -0.25) is 9.59 Å². The third-order valence-electron chi connectivity index (χ3n) is 3.12. The Bertz CT molecular complexity index is 781. The van der Waals surface area contributed by atoms with Crippen molar-refractivity contribution in [2.75, 3.05) is 11.9 Å². The van der Waals surface area contributed by atoms with E-state index in [0.29, 0.717) is 22.0 Å². The average Bonchev–Trinajstić information content (AvgIpc) is 2.54. The summed E-state index contributed by atoms with van der Waals surface area (Å²) in [6, 6.07) is 11.9. The van der Waals surface area contributed by atoms with Gasteiger partial charge in [-0.05, 0) is 44.2 Å². The fourth-order valence-electron chi connectivity index (χ4n) is 2.05. The highest BCUT2D eigenvalue weighted by atomic mass is 79.9. The third-order valence-corrected chi connectivity index (χ3v) is 3.91. The van der Waals surface area contributed by atoms with Crippen LogP contribution in [-0.4, -0.2) is 24.5 Å². The number of benzene rings is 2. The Labute approximate surface area is 159 Å². The highest BCUT2D eigenvalue weighted by molar-refractivity contribution is 9.10. The third kappa shape index (κ3) is 5.76. The van der Waals surface area contributed by atoms with Gasteiger partial charge in [-0.1, -0.05) is 39.7 Å². The Morgan fingerprint density at radius 1 is 1.20 bits per heavy atom. The summed E-state index contributed by atoms with van der Waals surface area (Å²) < 4.78 is 6.24. The topological polar surface area (TPSA) is 67.4 Å². The second kappa shape index (κ2) is 8.87. The molecule has 2 rings (SSSR count). The van der Waals surface area contributed by atoms with Gasteiger partial charge >= 0.3 is 0 Å². The van der Waals surface area contributed by atoms with Gasteiger partial charge < -0.3 is 15.4 Å². The summed E-state index contributed by atoms with van der Waals surface area (Å²) in [6.07, 6.45) is 0. The van der Waals surface area contributed by atoms with Crippen molar-refractivity contribution in [2.24, 2.45) is 0 Å². The number of hydrogen-bond donors (Lipinski definition) is 2. The van der Waals surface area contributed by atoms with E-state index in [1.54, 1.807) is 42.5 Å². The molecule has 5 nitrogen and oxygen atoms in total. The molecule has 0 bridgehead atoms. The number of ether oxygens (including phenoxy) is 1. The molecule has 25 heavy (non-hydrogen) atoms. The zero-order chi connectivity index (χ0) is 18.4. The molecule has 2 N–H and O–H groups in total.